The van der Waals surface area contributed by atoms with E-state index in [0.29, 0.717) is 11.5 Å². The number of benzene rings is 1. The molecule has 0 fully saturated rings. The molecule has 4 heteroatoms. The van der Waals surface area contributed by atoms with Gasteiger partial charge in [-0.1, -0.05) is 13.0 Å². The van der Waals surface area contributed by atoms with Crippen LogP contribution in [0.5, 0.6) is 11.5 Å². The molecule has 1 atom stereocenters. The van der Waals surface area contributed by atoms with Gasteiger partial charge in [-0.05, 0) is 36.2 Å². The van der Waals surface area contributed by atoms with Gasteiger partial charge in [-0.15, -0.1) is 11.3 Å². The fourth-order valence-electron chi connectivity index (χ4n) is 1.92. The largest absolute Gasteiger partial charge is 0.493 e. The molecule has 0 aliphatic carbocycles. The van der Waals surface area contributed by atoms with Gasteiger partial charge in [-0.2, -0.15) is 0 Å². The molecule has 1 unspecified atom stereocenters. The molecule has 0 aliphatic rings. The minimum absolute atomic E-state index is 0.620. The molecule has 2 rings (SSSR count). The quantitative estimate of drug-likeness (QED) is 0.911. The number of aliphatic hydroxyl groups excluding tert-OH is 1. The summed E-state index contributed by atoms with van der Waals surface area (Å²) in [5.41, 5.74) is 0.808. The van der Waals surface area contributed by atoms with Gasteiger partial charge < -0.3 is 14.6 Å². The lowest BCUT2D eigenvalue weighted by Gasteiger charge is -2.13. The molecule has 0 spiro atoms. The average molecular weight is 278 g/mol. The Kier molecular flexibility index (Phi) is 4.45. The molecular formula is C15H18O3S. The number of aryl methyl sites for hydroxylation is 1. The lowest BCUT2D eigenvalue weighted by molar-refractivity contribution is 0.223. The van der Waals surface area contributed by atoms with E-state index in [1.54, 1.807) is 25.6 Å². The first-order valence-electron chi connectivity index (χ1n) is 6.18. The predicted molar refractivity (Wildman–Crippen MR) is 77.3 cm³/mol. The third-order valence-electron chi connectivity index (χ3n) is 3.02. The minimum atomic E-state index is -0.620. The number of ether oxygens (including phenoxy) is 2. The van der Waals surface area contributed by atoms with Crippen LogP contribution in [0.15, 0.2) is 30.3 Å². The summed E-state index contributed by atoms with van der Waals surface area (Å²) in [7, 11) is 3.19. The lowest BCUT2D eigenvalue weighted by Crippen LogP contribution is -1.99. The van der Waals surface area contributed by atoms with Gasteiger partial charge in [-0.3, -0.25) is 0 Å². The zero-order valence-corrected chi connectivity index (χ0v) is 12.2. The number of aliphatic hydroxyl groups is 1. The Morgan fingerprint density at radius 3 is 2.42 bits per heavy atom. The molecule has 1 heterocycles. The van der Waals surface area contributed by atoms with Gasteiger partial charge in [-0.25, -0.2) is 0 Å². The maximum Gasteiger partial charge on any atom is 0.161 e. The second-order valence-corrected chi connectivity index (χ2v) is 5.37. The van der Waals surface area contributed by atoms with E-state index in [9.17, 15) is 5.11 Å². The first-order valence-corrected chi connectivity index (χ1v) is 6.99. The highest BCUT2D eigenvalue weighted by Gasteiger charge is 2.15. The fourth-order valence-corrected chi connectivity index (χ4v) is 2.89. The van der Waals surface area contributed by atoms with Crippen molar-refractivity contribution in [3.05, 3.63) is 45.6 Å². The van der Waals surface area contributed by atoms with Crippen molar-refractivity contribution in [3.8, 4) is 11.5 Å². The molecule has 102 valence electrons. The molecule has 0 saturated carbocycles. The highest BCUT2D eigenvalue weighted by Crippen LogP contribution is 2.34. The Labute approximate surface area is 117 Å². The molecule has 3 nitrogen and oxygen atoms in total. The van der Waals surface area contributed by atoms with Crippen LogP contribution >= 0.6 is 11.3 Å². The van der Waals surface area contributed by atoms with Crippen LogP contribution in [-0.4, -0.2) is 19.3 Å². The molecule has 0 amide bonds. The molecule has 1 aromatic carbocycles. The van der Waals surface area contributed by atoms with Gasteiger partial charge >= 0.3 is 0 Å². The van der Waals surface area contributed by atoms with E-state index >= 15 is 0 Å². The van der Waals surface area contributed by atoms with Crippen LogP contribution < -0.4 is 9.47 Å². The summed E-state index contributed by atoms with van der Waals surface area (Å²) in [6, 6.07) is 9.52. The van der Waals surface area contributed by atoms with E-state index in [-0.39, 0.29) is 0 Å². The monoisotopic (exact) mass is 278 g/mol. The number of rotatable bonds is 5. The topological polar surface area (TPSA) is 38.7 Å². The Hall–Kier alpha value is -1.52. The minimum Gasteiger partial charge on any atom is -0.493 e. The second kappa shape index (κ2) is 6.08. The van der Waals surface area contributed by atoms with Crippen molar-refractivity contribution < 1.29 is 14.6 Å². The summed E-state index contributed by atoms with van der Waals surface area (Å²) >= 11 is 1.64. The first-order chi connectivity index (χ1) is 9.19. The number of hydrogen-bond donors (Lipinski definition) is 1. The standard InChI is InChI=1S/C15H18O3S/c1-4-11-6-8-14(19-11)15(16)10-5-7-12(17-2)13(9-10)18-3/h5-9,15-16H,4H2,1-3H3. The molecule has 1 N–H and O–H groups in total. The Morgan fingerprint density at radius 1 is 1.11 bits per heavy atom. The summed E-state index contributed by atoms with van der Waals surface area (Å²) in [5.74, 6) is 1.30. The average Bonchev–Trinajstić information content (AvgIpc) is 2.94. The number of thiophene rings is 1. The molecule has 0 bridgehead atoms. The van der Waals surface area contributed by atoms with Crippen molar-refractivity contribution in [2.75, 3.05) is 14.2 Å². The number of methoxy groups -OCH3 is 2. The molecule has 19 heavy (non-hydrogen) atoms. The van der Waals surface area contributed by atoms with Gasteiger partial charge in [0.15, 0.2) is 11.5 Å². The summed E-state index contributed by atoms with van der Waals surface area (Å²) in [6.07, 6.45) is 0.369. The summed E-state index contributed by atoms with van der Waals surface area (Å²) < 4.78 is 10.5. The van der Waals surface area contributed by atoms with Gasteiger partial charge in [0.25, 0.3) is 0 Å². The lowest BCUT2D eigenvalue weighted by atomic mass is 10.1. The van der Waals surface area contributed by atoms with Gasteiger partial charge in [0, 0.05) is 9.75 Å². The van der Waals surface area contributed by atoms with E-state index in [0.717, 1.165) is 16.9 Å². The van der Waals surface area contributed by atoms with E-state index < -0.39 is 6.10 Å². The van der Waals surface area contributed by atoms with Crippen molar-refractivity contribution in [2.45, 2.75) is 19.4 Å². The third kappa shape index (κ3) is 2.91. The molecule has 0 aliphatic heterocycles. The Morgan fingerprint density at radius 2 is 1.84 bits per heavy atom. The van der Waals surface area contributed by atoms with E-state index in [1.807, 2.05) is 24.3 Å². The van der Waals surface area contributed by atoms with Crippen LogP contribution in [-0.2, 0) is 6.42 Å². The summed E-state index contributed by atoms with van der Waals surface area (Å²) in [6.45, 7) is 2.11. The third-order valence-corrected chi connectivity index (χ3v) is 4.31. The fraction of sp³-hybridized carbons (Fsp3) is 0.333. The van der Waals surface area contributed by atoms with Gasteiger partial charge in [0.05, 0.1) is 14.2 Å². The second-order valence-electron chi connectivity index (χ2n) is 4.17. The van der Waals surface area contributed by atoms with Crippen LogP contribution in [0, 0.1) is 0 Å². The highest BCUT2D eigenvalue weighted by atomic mass is 32.1. The zero-order valence-electron chi connectivity index (χ0n) is 11.3. The number of hydrogen-bond acceptors (Lipinski definition) is 4. The van der Waals surface area contributed by atoms with E-state index in [2.05, 4.69) is 13.0 Å². The van der Waals surface area contributed by atoms with Crippen LogP contribution in [0.3, 0.4) is 0 Å². The summed E-state index contributed by atoms with van der Waals surface area (Å²) in [4.78, 5) is 2.22. The Bertz CT molecular complexity index is 548. The van der Waals surface area contributed by atoms with E-state index in [4.69, 9.17) is 9.47 Å². The molecule has 2 aromatic rings. The van der Waals surface area contributed by atoms with Crippen LogP contribution in [0.2, 0.25) is 0 Å². The van der Waals surface area contributed by atoms with Crippen LogP contribution in [0.1, 0.15) is 28.3 Å². The predicted octanol–water partition coefficient (Wildman–Crippen LogP) is 3.41. The maximum absolute atomic E-state index is 10.4. The Balaban J connectivity index is 2.30. The molecule has 0 radical (unpaired) electrons. The van der Waals surface area contributed by atoms with Crippen LogP contribution in [0.25, 0.3) is 0 Å². The van der Waals surface area contributed by atoms with E-state index in [1.165, 1.54) is 4.88 Å². The van der Waals surface area contributed by atoms with Crippen molar-refractivity contribution in [3.63, 3.8) is 0 Å². The normalized spacial score (nSPS) is 12.2. The van der Waals surface area contributed by atoms with Crippen molar-refractivity contribution in [1.29, 1.82) is 0 Å². The first kappa shape index (κ1) is 13.9. The van der Waals surface area contributed by atoms with Gasteiger partial charge in [0.2, 0.25) is 0 Å². The molecular weight excluding hydrogens is 260 g/mol. The van der Waals surface area contributed by atoms with Gasteiger partial charge in [0.1, 0.15) is 6.10 Å². The highest BCUT2D eigenvalue weighted by molar-refractivity contribution is 7.12. The van der Waals surface area contributed by atoms with Crippen LogP contribution in [0.4, 0.5) is 0 Å². The molecule has 1 aromatic heterocycles. The zero-order chi connectivity index (χ0) is 13.8. The van der Waals surface area contributed by atoms with Crippen molar-refractivity contribution in [2.24, 2.45) is 0 Å². The SMILES string of the molecule is CCc1ccc(C(O)c2ccc(OC)c(OC)c2)s1. The molecule has 0 saturated heterocycles. The van der Waals surface area contributed by atoms with Crippen molar-refractivity contribution in [1.82, 2.24) is 0 Å². The maximum atomic E-state index is 10.4. The van der Waals surface area contributed by atoms with Crippen molar-refractivity contribution >= 4 is 11.3 Å². The smallest absolute Gasteiger partial charge is 0.161 e. The summed E-state index contributed by atoms with van der Waals surface area (Å²) in [5, 5.41) is 10.4.